The monoisotopic (exact) mass is 687 g/mol. The van der Waals surface area contributed by atoms with E-state index < -0.39 is 63.7 Å². The Morgan fingerprint density at radius 1 is 1.08 bits per heavy atom. The first-order valence-corrected chi connectivity index (χ1v) is 18.2. The summed E-state index contributed by atoms with van der Waals surface area (Å²) in [6.07, 6.45) is 5.55. The molecule has 3 fully saturated rings. The first-order chi connectivity index (χ1) is 22.8. The minimum atomic E-state index is -4.16. The van der Waals surface area contributed by atoms with Crippen molar-refractivity contribution in [3.8, 4) is 0 Å². The van der Waals surface area contributed by atoms with Gasteiger partial charge in [-0.1, -0.05) is 44.2 Å². The van der Waals surface area contributed by atoms with Crippen LogP contribution < -0.4 is 20.7 Å². The van der Waals surface area contributed by atoms with Crippen LogP contribution in [0.1, 0.15) is 68.9 Å². The van der Waals surface area contributed by atoms with E-state index in [1.54, 1.807) is 4.90 Å². The van der Waals surface area contributed by atoms with E-state index >= 15 is 0 Å². The molecule has 15 heteroatoms. The molecule has 2 saturated heterocycles. The Hall–Kier alpha value is -3.69. The smallest absolute Gasteiger partial charge is 0.410 e. The maximum atomic E-state index is 13.9. The van der Waals surface area contributed by atoms with Gasteiger partial charge < -0.3 is 25.6 Å². The van der Waals surface area contributed by atoms with Crippen LogP contribution in [-0.4, -0.2) is 104 Å². The normalized spacial score (nSPS) is 30.3. The first kappa shape index (κ1) is 35.6. The second-order valence-electron chi connectivity index (χ2n) is 13.7. The van der Waals surface area contributed by atoms with Gasteiger partial charge in [-0.2, -0.15) is 12.7 Å². The van der Waals surface area contributed by atoms with Crippen LogP contribution in [0.25, 0.3) is 0 Å². The number of nitrogens with two attached hydrogens (primary N) is 1. The average Bonchev–Trinajstić information content (AvgIpc) is 3.36. The van der Waals surface area contributed by atoms with E-state index in [2.05, 4.69) is 16.6 Å². The number of benzene rings is 1. The van der Waals surface area contributed by atoms with Gasteiger partial charge in [0.1, 0.15) is 17.7 Å². The summed E-state index contributed by atoms with van der Waals surface area (Å²) < 4.78 is 35.2. The molecule has 4 aliphatic rings. The molecule has 0 radical (unpaired) electrons. The SMILES string of the molecule is C=C[C@@H]1C[C@@]12NC(=O)[C@@H]1C[C@@H](OC(=O)N3Cc4ccc(N(C)C)cc4C3)CN1C(=O)[C@@H](N)CCCCCCCCN(C)S(=O)(=O)NC2=O. The Morgan fingerprint density at radius 3 is 2.46 bits per heavy atom. The Bertz CT molecular complexity index is 1540. The fraction of sp³-hybridized carbons (Fsp3) is 0.636. The van der Waals surface area contributed by atoms with E-state index in [0.717, 1.165) is 53.2 Å². The molecule has 5 atom stereocenters. The number of hydrogen-bond acceptors (Lipinski definition) is 9. The van der Waals surface area contributed by atoms with Gasteiger partial charge >= 0.3 is 16.3 Å². The lowest BCUT2D eigenvalue weighted by molar-refractivity contribution is -0.140. The molecule has 1 aromatic carbocycles. The summed E-state index contributed by atoms with van der Waals surface area (Å²) in [5.74, 6) is -2.47. The molecule has 0 unspecified atom stereocenters. The number of fused-ring (bicyclic) bond motifs is 2. The molecule has 4 amide bonds. The molecule has 1 saturated carbocycles. The zero-order valence-corrected chi connectivity index (χ0v) is 29.0. The van der Waals surface area contributed by atoms with Crippen LogP contribution >= 0.6 is 0 Å². The minimum Gasteiger partial charge on any atom is -0.444 e. The summed E-state index contributed by atoms with van der Waals surface area (Å²) in [4.78, 5) is 59.4. The molecule has 1 aromatic rings. The van der Waals surface area contributed by atoms with Crippen LogP contribution in [0.4, 0.5) is 10.5 Å². The highest BCUT2D eigenvalue weighted by atomic mass is 32.2. The number of nitrogens with one attached hydrogen (secondary N) is 2. The molecule has 5 rings (SSSR count). The molecule has 1 spiro atoms. The van der Waals surface area contributed by atoms with E-state index in [1.807, 2.05) is 37.2 Å². The average molecular weight is 688 g/mol. The van der Waals surface area contributed by atoms with Gasteiger partial charge in [-0.25, -0.2) is 9.52 Å². The molecule has 0 bridgehead atoms. The third-order valence-corrected chi connectivity index (χ3v) is 11.5. The zero-order valence-electron chi connectivity index (χ0n) is 28.2. The highest BCUT2D eigenvalue weighted by molar-refractivity contribution is 7.87. The predicted octanol–water partition coefficient (Wildman–Crippen LogP) is 1.60. The van der Waals surface area contributed by atoms with Gasteiger partial charge in [0.05, 0.1) is 12.6 Å². The van der Waals surface area contributed by atoms with E-state index in [-0.39, 0.29) is 25.9 Å². The van der Waals surface area contributed by atoms with Crippen molar-refractivity contribution < 1.29 is 32.3 Å². The summed E-state index contributed by atoms with van der Waals surface area (Å²) in [6, 6.07) is 4.08. The summed E-state index contributed by atoms with van der Waals surface area (Å²) in [5, 5.41) is 2.75. The molecule has 4 N–H and O–H groups in total. The van der Waals surface area contributed by atoms with Crippen molar-refractivity contribution in [3.63, 3.8) is 0 Å². The highest BCUT2D eigenvalue weighted by Gasteiger charge is 2.61. The summed E-state index contributed by atoms with van der Waals surface area (Å²) in [6.45, 7) is 4.71. The Morgan fingerprint density at radius 2 is 1.77 bits per heavy atom. The van der Waals surface area contributed by atoms with Gasteiger partial charge in [0, 0.05) is 58.8 Å². The van der Waals surface area contributed by atoms with Crippen LogP contribution in [0.3, 0.4) is 0 Å². The van der Waals surface area contributed by atoms with Crippen molar-refractivity contribution in [2.24, 2.45) is 11.7 Å². The van der Waals surface area contributed by atoms with Gasteiger partial charge in [0.15, 0.2) is 0 Å². The van der Waals surface area contributed by atoms with E-state index in [4.69, 9.17) is 10.5 Å². The Kier molecular flexibility index (Phi) is 10.7. The second kappa shape index (κ2) is 14.4. The molecule has 264 valence electrons. The van der Waals surface area contributed by atoms with Gasteiger partial charge in [0.25, 0.3) is 5.91 Å². The number of ether oxygens (including phenoxy) is 1. The molecular weight excluding hydrogens is 638 g/mol. The molecule has 14 nitrogen and oxygen atoms in total. The molecule has 0 aromatic heterocycles. The lowest BCUT2D eigenvalue weighted by atomic mass is 10.0. The number of rotatable bonds is 3. The molecule has 48 heavy (non-hydrogen) atoms. The topological polar surface area (TPSA) is 175 Å². The number of nitrogens with zero attached hydrogens (tertiary/aromatic N) is 4. The maximum absolute atomic E-state index is 13.9. The minimum absolute atomic E-state index is 0.000902. The van der Waals surface area contributed by atoms with Gasteiger partial charge in [-0.05, 0) is 42.5 Å². The van der Waals surface area contributed by atoms with Crippen molar-refractivity contribution in [1.82, 2.24) is 24.1 Å². The number of carbonyl (C=O) groups is 4. The van der Waals surface area contributed by atoms with Crippen LogP contribution in [0.15, 0.2) is 30.9 Å². The molecular formula is C33H49N7O7S. The Labute approximate surface area is 283 Å². The predicted molar refractivity (Wildman–Crippen MR) is 180 cm³/mol. The Balaban J connectivity index is 1.34. The highest BCUT2D eigenvalue weighted by Crippen LogP contribution is 2.45. The standard InChI is InChI=1S/C33H49N7O7S/c1-5-24-18-33(24)31(43)36-48(45,46)38(4)15-11-9-7-6-8-10-12-27(34)30(42)40-21-26(17-28(40)29(41)35-33)47-32(44)39-19-22-13-14-25(37(2)3)16-23(22)20-39/h5,13-14,16,24,26-28H,1,6-12,15,17-21,34H2,2-4H3,(H,35,41)(H,36,43)/t24-,26-,27+,28+,33-/m1/s1. The van der Waals surface area contributed by atoms with Crippen molar-refractivity contribution in [2.45, 2.75) is 94.6 Å². The molecule has 1 aliphatic carbocycles. The molecule has 3 heterocycles. The van der Waals surface area contributed by atoms with Crippen molar-refractivity contribution in [3.05, 3.63) is 42.0 Å². The van der Waals surface area contributed by atoms with Gasteiger partial charge in [-0.3, -0.25) is 19.3 Å². The third kappa shape index (κ3) is 7.62. The number of amides is 4. The fourth-order valence-electron chi connectivity index (χ4n) is 6.87. The lowest BCUT2D eigenvalue weighted by Gasteiger charge is -2.28. The van der Waals surface area contributed by atoms with E-state index in [0.29, 0.717) is 25.9 Å². The van der Waals surface area contributed by atoms with E-state index in [9.17, 15) is 27.6 Å². The fourth-order valence-corrected chi connectivity index (χ4v) is 7.81. The van der Waals surface area contributed by atoms with Crippen molar-refractivity contribution >= 4 is 39.7 Å². The largest absolute Gasteiger partial charge is 0.444 e. The molecule has 3 aliphatic heterocycles. The van der Waals surface area contributed by atoms with Crippen molar-refractivity contribution in [1.29, 1.82) is 0 Å². The second-order valence-corrected chi connectivity index (χ2v) is 15.5. The van der Waals surface area contributed by atoms with Crippen LogP contribution in [-0.2, 0) is 42.4 Å². The number of hydrogen-bond donors (Lipinski definition) is 3. The van der Waals surface area contributed by atoms with Gasteiger partial charge in [0.2, 0.25) is 11.8 Å². The van der Waals surface area contributed by atoms with Crippen LogP contribution in [0.2, 0.25) is 0 Å². The first-order valence-electron chi connectivity index (χ1n) is 16.8. The lowest BCUT2D eigenvalue weighted by Crippen LogP contribution is -2.58. The zero-order chi connectivity index (χ0) is 34.8. The number of anilines is 1. The summed E-state index contributed by atoms with van der Waals surface area (Å²) in [7, 11) is 1.14. The van der Waals surface area contributed by atoms with Crippen LogP contribution in [0, 0.1) is 5.92 Å². The summed E-state index contributed by atoms with van der Waals surface area (Å²) in [5.41, 5.74) is 7.88. The maximum Gasteiger partial charge on any atom is 0.410 e. The van der Waals surface area contributed by atoms with Crippen LogP contribution in [0.5, 0.6) is 0 Å². The third-order valence-electron chi connectivity index (χ3n) is 10.0. The van der Waals surface area contributed by atoms with Gasteiger partial charge in [-0.15, -0.1) is 6.58 Å². The van der Waals surface area contributed by atoms with Crippen molar-refractivity contribution in [2.75, 3.05) is 39.1 Å². The number of carbonyl (C=O) groups excluding carboxylic acids is 4. The van der Waals surface area contributed by atoms with E-state index in [1.165, 1.54) is 18.0 Å². The summed E-state index contributed by atoms with van der Waals surface area (Å²) >= 11 is 0. The quantitative estimate of drug-likeness (QED) is 0.399.